The summed E-state index contributed by atoms with van der Waals surface area (Å²) in [7, 11) is 0. The largest absolute Gasteiger partial charge is 0.481 e. The van der Waals surface area contributed by atoms with E-state index >= 15 is 0 Å². The highest BCUT2D eigenvalue weighted by molar-refractivity contribution is 5.66. The van der Waals surface area contributed by atoms with E-state index in [1.165, 1.54) is 5.56 Å². The van der Waals surface area contributed by atoms with E-state index in [0.717, 1.165) is 19.3 Å². The third kappa shape index (κ3) is 9.57. The number of carboxylic acids is 1. The Morgan fingerprint density at radius 1 is 1.29 bits per heavy atom. The van der Waals surface area contributed by atoms with E-state index in [1.54, 1.807) is 0 Å². The molecule has 0 saturated carbocycles. The summed E-state index contributed by atoms with van der Waals surface area (Å²) >= 11 is 0. The number of carboxylic acid groups (broad SMARTS) is 1. The van der Waals surface area contributed by atoms with Gasteiger partial charge in [0.25, 0.3) is 0 Å². The van der Waals surface area contributed by atoms with Crippen LogP contribution in [0.1, 0.15) is 51.1 Å². The maximum absolute atomic E-state index is 9.87. The maximum Gasteiger partial charge on any atom is 0.303 e. The smallest absolute Gasteiger partial charge is 0.303 e. The molecule has 17 heavy (non-hydrogen) atoms. The number of rotatable bonds is 5. The average molecular weight is 237 g/mol. The van der Waals surface area contributed by atoms with Crippen LogP contribution in [0.4, 0.5) is 0 Å². The van der Waals surface area contributed by atoms with Crippen LogP contribution in [0, 0.1) is 0 Å². The summed E-state index contributed by atoms with van der Waals surface area (Å²) in [6.45, 7) is 4.04. The molecular weight excluding hydrogens is 214 g/mol. The molecule has 1 unspecified atom stereocenters. The predicted molar refractivity (Wildman–Crippen MR) is 70.8 cm³/mol. The fraction of sp³-hybridized carbons (Fsp3) is 0.500. The van der Waals surface area contributed by atoms with Crippen LogP contribution in [0.15, 0.2) is 30.3 Å². The van der Waals surface area contributed by atoms with E-state index < -0.39 is 5.97 Å². The molecule has 1 atom stereocenters. The standard InChI is InChI=1S/C8H11N.C6H12O2/c1-7(9)8-5-3-2-4-6-8;1-2-3-4-5-6(7)8/h2-7H,9H2,1H3;2-5H2,1H3,(H,7,8). The number of hydrogen-bond donors (Lipinski definition) is 2. The molecule has 0 amide bonds. The lowest BCUT2D eigenvalue weighted by molar-refractivity contribution is -0.137. The van der Waals surface area contributed by atoms with E-state index in [-0.39, 0.29) is 6.04 Å². The zero-order chi connectivity index (χ0) is 13.1. The molecule has 0 bridgehead atoms. The summed E-state index contributed by atoms with van der Waals surface area (Å²) in [5.74, 6) is -0.682. The lowest BCUT2D eigenvalue weighted by Gasteiger charge is -2.02. The van der Waals surface area contributed by atoms with Gasteiger partial charge in [-0.15, -0.1) is 0 Å². The number of hydrogen-bond acceptors (Lipinski definition) is 2. The molecule has 3 N–H and O–H groups in total. The first-order valence-corrected chi connectivity index (χ1v) is 6.10. The van der Waals surface area contributed by atoms with Crippen LogP contribution >= 0.6 is 0 Å². The molecule has 0 saturated heterocycles. The molecule has 0 radical (unpaired) electrons. The van der Waals surface area contributed by atoms with Crippen molar-refractivity contribution >= 4 is 5.97 Å². The average Bonchev–Trinajstić information content (AvgIpc) is 2.31. The zero-order valence-corrected chi connectivity index (χ0v) is 10.7. The summed E-state index contributed by atoms with van der Waals surface area (Å²) < 4.78 is 0. The number of carbonyl (C=O) groups is 1. The molecule has 0 heterocycles. The summed E-state index contributed by atoms with van der Waals surface area (Å²) in [6.07, 6.45) is 3.28. The molecule has 1 aromatic rings. The lowest BCUT2D eigenvalue weighted by atomic mass is 10.1. The van der Waals surface area contributed by atoms with Gasteiger partial charge in [0, 0.05) is 12.5 Å². The second-order valence-electron chi connectivity index (χ2n) is 4.05. The van der Waals surface area contributed by atoms with Gasteiger partial charge in [0.05, 0.1) is 0 Å². The number of unbranched alkanes of at least 4 members (excludes halogenated alkanes) is 2. The summed E-state index contributed by atoms with van der Waals surface area (Å²) in [6, 6.07) is 10.2. The van der Waals surface area contributed by atoms with Crippen molar-refractivity contribution in [3.8, 4) is 0 Å². The van der Waals surface area contributed by atoms with Crippen molar-refractivity contribution in [2.45, 2.75) is 45.6 Å². The Bertz CT molecular complexity index is 296. The van der Waals surface area contributed by atoms with Crippen LogP contribution in [0.25, 0.3) is 0 Å². The molecule has 0 fully saturated rings. The SMILES string of the molecule is CC(N)c1ccccc1.CCCCCC(=O)O. The first kappa shape index (κ1) is 15.7. The van der Waals surface area contributed by atoms with Crippen LogP contribution < -0.4 is 5.73 Å². The van der Waals surface area contributed by atoms with Crippen LogP contribution in [-0.2, 0) is 4.79 Å². The number of aliphatic carboxylic acids is 1. The van der Waals surface area contributed by atoms with Gasteiger partial charge in [-0.3, -0.25) is 4.79 Å². The summed E-state index contributed by atoms with van der Waals surface area (Å²) in [4.78, 5) is 9.87. The van der Waals surface area contributed by atoms with Crippen LogP contribution in [0.5, 0.6) is 0 Å². The molecule has 0 aliphatic rings. The van der Waals surface area contributed by atoms with Crippen LogP contribution in [0.3, 0.4) is 0 Å². The Balaban J connectivity index is 0.000000304. The molecule has 0 aliphatic heterocycles. The van der Waals surface area contributed by atoms with Crippen molar-refractivity contribution in [3.05, 3.63) is 35.9 Å². The van der Waals surface area contributed by atoms with Crippen molar-refractivity contribution in [2.24, 2.45) is 5.73 Å². The van der Waals surface area contributed by atoms with Crippen molar-refractivity contribution in [2.75, 3.05) is 0 Å². The van der Waals surface area contributed by atoms with Crippen molar-refractivity contribution in [3.63, 3.8) is 0 Å². The van der Waals surface area contributed by atoms with Gasteiger partial charge in [-0.05, 0) is 18.9 Å². The zero-order valence-electron chi connectivity index (χ0n) is 10.7. The van der Waals surface area contributed by atoms with E-state index in [2.05, 4.69) is 6.92 Å². The second-order valence-corrected chi connectivity index (χ2v) is 4.05. The fourth-order valence-electron chi connectivity index (χ4n) is 1.28. The highest BCUT2D eigenvalue weighted by atomic mass is 16.4. The van der Waals surface area contributed by atoms with Gasteiger partial charge in [-0.1, -0.05) is 50.1 Å². The quantitative estimate of drug-likeness (QED) is 0.772. The molecule has 3 heteroatoms. The summed E-state index contributed by atoms with van der Waals surface area (Å²) in [5.41, 5.74) is 6.81. The topological polar surface area (TPSA) is 63.3 Å². The van der Waals surface area contributed by atoms with E-state index in [0.29, 0.717) is 6.42 Å². The Morgan fingerprint density at radius 3 is 2.24 bits per heavy atom. The van der Waals surface area contributed by atoms with E-state index in [1.807, 2.05) is 37.3 Å². The van der Waals surface area contributed by atoms with Crippen molar-refractivity contribution < 1.29 is 9.90 Å². The molecule has 96 valence electrons. The lowest BCUT2D eigenvalue weighted by Crippen LogP contribution is -2.03. The van der Waals surface area contributed by atoms with E-state index in [4.69, 9.17) is 10.8 Å². The Kier molecular flexibility index (Phi) is 9.06. The normalized spacial score (nSPS) is 11.2. The number of benzene rings is 1. The molecular formula is C14H23NO2. The first-order valence-electron chi connectivity index (χ1n) is 6.10. The van der Waals surface area contributed by atoms with Crippen molar-refractivity contribution in [1.29, 1.82) is 0 Å². The van der Waals surface area contributed by atoms with Gasteiger partial charge in [-0.2, -0.15) is 0 Å². The predicted octanol–water partition coefficient (Wildman–Crippen LogP) is 3.36. The molecule has 3 nitrogen and oxygen atoms in total. The van der Waals surface area contributed by atoms with Gasteiger partial charge < -0.3 is 10.8 Å². The van der Waals surface area contributed by atoms with Gasteiger partial charge in [-0.25, -0.2) is 0 Å². The second kappa shape index (κ2) is 9.85. The summed E-state index contributed by atoms with van der Waals surface area (Å²) in [5, 5.41) is 8.14. The van der Waals surface area contributed by atoms with Crippen LogP contribution in [0.2, 0.25) is 0 Å². The first-order chi connectivity index (χ1) is 8.07. The molecule has 0 aliphatic carbocycles. The Hall–Kier alpha value is -1.35. The number of nitrogens with two attached hydrogens (primary N) is 1. The van der Waals surface area contributed by atoms with Crippen LogP contribution in [-0.4, -0.2) is 11.1 Å². The van der Waals surface area contributed by atoms with E-state index in [9.17, 15) is 4.79 Å². The molecule has 0 spiro atoms. The molecule has 1 aromatic carbocycles. The Labute approximate surface area is 104 Å². The van der Waals surface area contributed by atoms with Crippen molar-refractivity contribution in [1.82, 2.24) is 0 Å². The van der Waals surface area contributed by atoms with Gasteiger partial charge in [0.2, 0.25) is 0 Å². The minimum atomic E-state index is -0.682. The van der Waals surface area contributed by atoms with Gasteiger partial charge in [0.15, 0.2) is 0 Å². The minimum absolute atomic E-state index is 0.159. The molecule has 1 rings (SSSR count). The highest BCUT2D eigenvalue weighted by Gasteiger charge is 1.93. The highest BCUT2D eigenvalue weighted by Crippen LogP contribution is 2.06. The minimum Gasteiger partial charge on any atom is -0.481 e. The Morgan fingerprint density at radius 2 is 1.88 bits per heavy atom. The monoisotopic (exact) mass is 237 g/mol. The fourth-order valence-corrected chi connectivity index (χ4v) is 1.28. The molecule has 0 aromatic heterocycles. The third-order valence-electron chi connectivity index (χ3n) is 2.32. The maximum atomic E-state index is 9.87. The van der Waals surface area contributed by atoms with Gasteiger partial charge in [0.1, 0.15) is 0 Å². The third-order valence-corrected chi connectivity index (χ3v) is 2.32. The van der Waals surface area contributed by atoms with Gasteiger partial charge >= 0.3 is 5.97 Å².